The molecule has 23 heavy (non-hydrogen) atoms. The van der Waals surface area contributed by atoms with Gasteiger partial charge in [0.1, 0.15) is 18.2 Å². The first kappa shape index (κ1) is 18.3. The number of esters is 1. The average molecular weight is 320 g/mol. The van der Waals surface area contributed by atoms with Crippen LogP contribution < -0.4 is 5.32 Å². The van der Waals surface area contributed by atoms with E-state index in [0.717, 1.165) is 5.56 Å². The Morgan fingerprint density at radius 1 is 1.30 bits per heavy atom. The van der Waals surface area contributed by atoms with E-state index in [1.165, 1.54) is 0 Å². The highest BCUT2D eigenvalue weighted by Gasteiger charge is 2.26. The molecule has 0 heterocycles. The summed E-state index contributed by atoms with van der Waals surface area (Å²) in [6.07, 6.45) is -0.794. The van der Waals surface area contributed by atoms with E-state index < -0.39 is 23.7 Å². The van der Waals surface area contributed by atoms with E-state index in [1.807, 2.05) is 18.2 Å². The van der Waals surface area contributed by atoms with Crippen molar-refractivity contribution < 1.29 is 19.1 Å². The Bertz CT molecular complexity index is 577. The quantitative estimate of drug-likeness (QED) is 0.375. The lowest BCUT2D eigenvalue weighted by Crippen LogP contribution is -2.46. The van der Waals surface area contributed by atoms with Crippen LogP contribution >= 0.6 is 0 Å². The predicted octanol–water partition coefficient (Wildman–Crippen LogP) is 2.93. The van der Waals surface area contributed by atoms with Gasteiger partial charge < -0.3 is 14.8 Å². The average Bonchev–Trinajstić information content (AvgIpc) is 2.48. The van der Waals surface area contributed by atoms with Crippen molar-refractivity contribution >= 4 is 12.1 Å². The Morgan fingerprint density at radius 2 is 1.96 bits per heavy atom. The number of benzene rings is 1. The molecule has 1 rings (SSSR count). The molecule has 0 aliphatic rings. The molecule has 1 aromatic carbocycles. The Hall–Kier alpha value is -2.73. The minimum absolute atomic E-state index is 0.0647. The van der Waals surface area contributed by atoms with Gasteiger partial charge in [0.25, 0.3) is 0 Å². The summed E-state index contributed by atoms with van der Waals surface area (Å²) in [5.41, 5.74) is 8.47. The van der Waals surface area contributed by atoms with Crippen LogP contribution in [0.3, 0.4) is 0 Å². The monoisotopic (exact) mass is 320 g/mol. The summed E-state index contributed by atoms with van der Waals surface area (Å²) in [4.78, 5) is 26.4. The molecule has 0 radical (unpaired) electrons. The Labute approximate surface area is 134 Å². The van der Waals surface area contributed by atoms with Crippen LogP contribution in [0.15, 0.2) is 35.4 Å². The zero-order chi connectivity index (χ0) is 17.3. The van der Waals surface area contributed by atoms with Gasteiger partial charge in [0.2, 0.25) is 0 Å². The third-order valence-corrected chi connectivity index (χ3v) is 2.52. The molecular formula is C15H20N4O4. The number of nitrogens with zero attached hydrogens (tertiary/aromatic N) is 3. The maximum atomic E-state index is 12.0. The summed E-state index contributed by atoms with van der Waals surface area (Å²) in [6.45, 7) is 4.90. The van der Waals surface area contributed by atoms with Gasteiger partial charge in [-0.3, -0.25) is 0 Å². The molecule has 1 amide bonds. The molecule has 0 aromatic heterocycles. The molecule has 0 saturated heterocycles. The van der Waals surface area contributed by atoms with Crippen LogP contribution in [0.25, 0.3) is 10.4 Å². The molecule has 0 bridgehead atoms. The highest BCUT2D eigenvalue weighted by atomic mass is 16.6. The van der Waals surface area contributed by atoms with E-state index in [2.05, 4.69) is 15.3 Å². The highest BCUT2D eigenvalue weighted by molar-refractivity contribution is 5.81. The minimum atomic E-state index is -1.10. The summed E-state index contributed by atoms with van der Waals surface area (Å²) in [5.74, 6) is -0.693. The largest absolute Gasteiger partial charge is 0.458 e. The summed E-state index contributed by atoms with van der Waals surface area (Å²) < 4.78 is 10.2. The molecule has 8 heteroatoms. The summed E-state index contributed by atoms with van der Waals surface area (Å²) in [5, 5.41) is 5.65. The van der Waals surface area contributed by atoms with Gasteiger partial charge in [0.05, 0.1) is 6.54 Å². The summed E-state index contributed by atoms with van der Waals surface area (Å²) >= 11 is 0. The fraction of sp³-hybridized carbons (Fsp3) is 0.467. The van der Waals surface area contributed by atoms with Crippen molar-refractivity contribution in [3.63, 3.8) is 0 Å². The fourth-order valence-corrected chi connectivity index (χ4v) is 1.58. The Balaban J connectivity index is 2.59. The normalized spacial score (nSPS) is 11.8. The summed E-state index contributed by atoms with van der Waals surface area (Å²) in [7, 11) is 0. The second kappa shape index (κ2) is 8.65. The van der Waals surface area contributed by atoms with Gasteiger partial charge in [0.15, 0.2) is 0 Å². The molecule has 8 nitrogen and oxygen atoms in total. The van der Waals surface area contributed by atoms with Gasteiger partial charge in [-0.1, -0.05) is 35.4 Å². The van der Waals surface area contributed by atoms with Crippen LogP contribution in [0.2, 0.25) is 0 Å². The SMILES string of the molecule is CC(C)(C)OC(=O)[C@H](CN=[N+]=[N-])NC(=O)OCc1ccccc1. The van der Waals surface area contributed by atoms with Gasteiger partial charge in [0, 0.05) is 4.91 Å². The molecule has 124 valence electrons. The fourth-order valence-electron chi connectivity index (χ4n) is 1.58. The maximum absolute atomic E-state index is 12.0. The van der Waals surface area contributed by atoms with Gasteiger partial charge in [-0.15, -0.1) is 0 Å². The van der Waals surface area contributed by atoms with Crippen LogP contribution in [0.4, 0.5) is 4.79 Å². The smallest absolute Gasteiger partial charge is 0.408 e. The zero-order valence-corrected chi connectivity index (χ0v) is 13.4. The highest BCUT2D eigenvalue weighted by Crippen LogP contribution is 2.09. The van der Waals surface area contributed by atoms with E-state index in [1.54, 1.807) is 32.9 Å². The van der Waals surface area contributed by atoms with Crippen molar-refractivity contribution in [2.75, 3.05) is 6.54 Å². The van der Waals surface area contributed by atoms with E-state index in [0.29, 0.717) is 0 Å². The lowest BCUT2D eigenvalue weighted by atomic mass is 10.2. The van der Waals surface area contributed by atoms with Crippen molar-refractivity contribution in [3.05, 3.63) is 46.3 Å². The number of carbonyl (C=O) groups excluding carboxylic acids is 2. The molecular weight excluding hydrogens is 300 g/mol. The Morgan fingerprint density at radius 3 is 2.52 bits per heavy atom. The first-order valence-corrected chi connectivity index (χ1v) is 7.03. The van der Waals surface area contributed by atoms with E-state index in [9.17, 15) is 9.59 Å². The molecule has 0 unspecified atom stereocenters. The lowest BCUT2D eigenvalue weighted by Gasteiger charge is -2.23. The maximum Gasteiger partial charge on any atom is 0.408 e. The number of amides is 1. The van der Waals surface area contributed by atoms with Crippen molar-refractivity contribution in [2.45, 2.75) is 39.0 Å². The molecule has 0 aliphatic carbocycles. The lowest BCUT2D eigenvalue weighted by molar-refractivity contribution is -0.157. The second-order valence-corrected chi connectivity index (χ2v) is 5.71. The second-order valence-electron chi connectivity index (χ2n) is 5.71. The number of carbonyl (C=O) groups is 2. The number of alkyl carbamates (subject to hydrolysis) is 1. The van der Waals surface area contributed by atoms with E-state index in [4.69, 9.17) is 15.0 Å². The molecule has 1 atom stereocenters. The topological polar surface area (TPSA) is 113 Å². The Kier molecular flexibility index (Phi) is 6.89. The number of nitrogens with one attached hydrogen (secondary N) is 1. The van der Waals surface area contributed by atoms with Crippen molar-refractivity contribution in [1.82, 2.24) is 5.32 Å². The van der Waals surface area contributed by atoms with Gasteiger partial charge in [-0.05, 0) is 31.9 Å². The molecule has 0 aliphatic heterocycles. The zero-order valence-electron chi connectivity index (χ0n) is 13.4. The number of azide groups is 1. The van der Waals surface area contributed by atoms with Gasteiger partial charge >= 0.3 is 12.1 Å². The van der Waals surface area contributed by atoms with Crippen LogP contribution in [-0.2, 0) is 20.9 Å². The third kappa shape index (κ3) is 7.73. The number of hydrogen-bond donors (Lipinski definition) is 1. The summed E-state index contributed by atoms with van der Waals surface area (Å²) in [6, 6.07) is 8.00. The molecule has 1 N–H and O–H groups in total. The van der Waals surface area contributed by atoms with Crippen LogP contribution in [0.5, 0.6) is 0 Å². The van der Waals surface area contributed by atoms with Crippen LogP contribution in [0.1, 0.15) is 26.3 Å². The standard InChI is InChI=1S/C15H20N4O4/c1-15(2,3)23-13(20)12(9-17-19-16)18-14(21)22-10-11-7-5-4-6-8-11/h4-8,12H,9-10H2,1-3H3,(H,18,21)/t12-/m0/s1. The van der Waals surface area contributed by atoms with E-state index in [-0.39, 0.29) is 13.2 Å². The van der Waals surface area contributed by atoms with Crippen LogP contribution in [-0.4, -0.2) is 30.3 Å². The first-order chi connectivity index (χ1) is 10.8. The van der Waals surface area contributed by atoms with Crippen molar-refractivity contribution in [1.29, 1.82) is 0 Å². The predicted molar refractivity (Wildman–Crippen MR) is 83.4 cm³/mol. The number of ether oxygens (including phenoxy) is 2. The number of hydrogen-bond acceptors (Lipinski definition) is 5. The number of rotatable bonds is 6. The molecule has 0 saturated carbocycles. The van der Waals surface area contributed by atoms with E-state index >= 15 is 0 Å². The van der Waals surface area contributed by atoms with Gasteiger partial charge in [-0.25, -0.2) is 9.59 Å². The third-order valence-electron chi connectivity index (χ3n) is 2.52. The molecule has 0 fully saturated rings. The van der Waals surface area contributed by atoms with Crippen LogP contribution in [0, 0.1) is 0 Å². The van der Waals surface area contributed by atoms with Crippen molar-refractivity contribution in [3.8, 4) is 0 Å². The van der Waals surface area contributed by atoms with Crippen molar-refractivity contribution in [2.24, 2.45) is 5.11 Å². The van der Waals surface area contributed by atoms with Gasteiger partial charge in [-0.2, -0.15) is 0 Å². The molecule has 0 spiro atoms. The first-order valence-electron chi connectivity index (χ1n) is 7.03. The minimum Gasteiger partial charge on any atom is -0.458 e. The molecule has 1 aromatic rings.